The minimum absolute atomic E-state index is 0.00981. The number of hydrogen-bond donors (Lipinski definition) is 2. The van der Waals surface area contributed by atoms with E-state index in [1.807, 2.05) is 32.1 Å². The van der Waals surface area contributed by atoms with Gasteiger partial charge in [0.05, 0.1) is 12.6 Å². The SMILES string of the molecule is CC(C)[C@@H](CO)NC(=O)C1=CC=CC1. The van der Waals surface area contributed by atoms with Crippen molar-refractivity contribution in [2.45, 2.75) is 26.3 Å². The Hall–Kier alpha value is -1.09. The molecule has 0 aromatic carbocycles. The van der Waals surface area contributed by atoms with E-state index in [0.717, 1.165) is 5.57 Å². The van der Waals surface area contributed by atoms with Gasteiger partial charge in [0, 0.05) is 5.57 Å². The summed E-state index contributed by atoms with van der Waals surface area (Å²) in [4.78, 5) is 11.6. The van der Waals surface area contributed by atoms with Gasteiger partial charge >= 0.3 is 0 Å². The van der Waals surface area contributed by atoms with Crippen molar-refractivity contribution >= 4 is 5.91 Å². The molecule has 1 rings (SSSR count). The highest BCUT2D eigenvalue weighted by atomic mass is 16.3. The molecule has 0 radical (unpaired) electrons. The Morgan fingerprint density at radius 2 is 2.36 bits per heavy atom. The van der Waals surface area contributed by atoms with Crippen LogP contribution < -0.4 is 5.32 Å². The van der Waals surface area contributed by atoms with Gasteiger partial charge in [-0.3, -0.25) is 4.79 Å². The lowest BCUT2D eigenvalue weighted by Gasteiger charge is -2.20. The number of carbonyl (C=O) groups is 1. The van der Waals surface area contributed by atoms with Crippen LogP contribution in [-0.4, -0.2) is 23.7 Å². The van der Waals surface area contributed by atoms with Crippen molar-refractivity contribution in [1.29, 1.82) is 0 Å². The molecule has 1 atom stereocenters. The zero-order chi connectivity index (χ0) is 10.6. The largest absolute Gasteiger partial charge is 0.394 e. The maximum Gasteiger partial charge on any atom is 0.247 e. The van der Waals surface area contributed by atoms with Crippen molar-refractivity contribution in [3.8, 4) is 0 Å². The van der Waals surface area contributed by atoms with Gasteiger partial charge in [-0.1, -0.05) is 32.1 Å². The Morgan fingerprint density at radius 3 is 2.79 bits per heavy atom. The van der Waals surface area contributed by atoms with Crippen molar-refractivity contribution in [1.82, 2.24) is 5.32 Å². The number of nitrogens with one attached hydrogen (secondary N) is 1. The predicted molar refractivity (Wildman–Crippen MR) is 55.7 cm³/mol. The fourth-order valence-electron chi connectivity index (χ4n) is 1.30. The van der Waals surface area contributed by atoms with Gasteiger partial charge < -0.3 is 10.4 Å². The normalized spacial score (nSPS) is 17.0. The third-order valence-corrected chi connectivity index (χ3v) is 2.38. The minimum atomic E-state index is -0.149. The van der Waals surface area contributed by atoms with Crippen LogP contribution in [0.15, 0.2) is 23.8 Å². The van der Waals surface area contributed by atoms with Gasteiger partial charge in [0.1, 0.15) is 0 Å². The van der Waals surface area contributed by atoms with Gasteiger partial charge in [0.25, 0.3) is 0 Å². The Bertz CT molecular complexity index is 266. The average molecular weight is 195 g/mol. The molecule has 1 amide bonds. The number of hydrogen-bond acceptors (Lipinski definition) is 2. The first-order valence-electron chi connectivity index (χ1n) is 4.92. The number of rotatable bonds is 4. The number of carbonyl (C=O) groups excluding carboxylic acids is 1. The van der Waals surface area contributed by atoms with E-state index < -0.39 is 0 Å². The van der Waals surface area contributed by atoms with E-state index in [1.165, 1.54) is 0 Å². The second-order valence-electron chi connectivity index (χ2n) is 3.83. The molecule has 0 saturated carbocycles. The minimum Gasteiger partial charge on any atom is -0.394 e. The summed E-state index contributed by atoms with van der Waals surface area (Å²) in [5.41, 5.74) is 0.768. The summed E-state index contributed by atoms with van der Waals surface area (Å²) in [5, 5.41) is 11.8. The molecule has 0 bridgehead atoms. The van der Waals surface area contributed by atoms with Gasteiger partial charge in [0.15, 0.2) is 0 Å². The highest BCUT2D eigenvalue weighted by Crippen LogP contribution is 2.11. The lowest BCUT2D eigenvalue weighted by Crippen LogP contribution is -2.41. The van der Waals surface area contributed by atoms with Crippen LogP contribution in [-0.2, 0) is 4.79 Å². The van der Waals surface area contributed by atoms with Crippen LogP contribution in [0, 0.1) is 5.92 Å². The molecule has 2 N–H and O–H groups in total. The monoisotopic (exact) mass is 195 g/mol. The van der Waals surface area contributed by atoms with Gasteiger partial charge in [-0.15, -0.1) is 0 Å². The third kappa shape index (κ3) is 2.70. The highest BCUT2D eigenvalue weighted by molar-refractivity contribution is 5.94. The molecular formula is C11H17NO2. The van der Waals surface area contributed by atoms with E-state index in [0.29, 0.717) is 6.42 Å². The molecule has 0 aliphatic heterocycles. The van der Waals surface area contributed by atoms with Gasteiger partial charge in [-0.25, -0.2) is 0 Å². The first kappa shape index (κ1) is 11.0. The first-order chi connectivity index (χ1) is 6.65. The number of allylic oxidation sites excluding steroid dienone is 3. The van der Waals surface area contributed by atoms with Gasteiger partial charge in [-0.2, -0.15) is 0 Å². The fourth-order valence-corrected chi connectivity index (χ4v) is 1.30. The lowest BCUT2D eigenvalue weighted by molar-refractivity contribution is -0.118. The summed E-state index contributed by atoms with van der Waals surface area (Å²) in [6.45, 7) is 3.94. The zero-order valence-electron chi connectivity index (χ0n) is 8.66. The van der Waals surface area contributed by atoms with Crippen molar-refractivity contribution in [3.63, 3.8) is 0 Å². The molecule has 1 aliphatic rings. The summed E-state index contributed by atoms with van der Waals surface area (Å²) < 4.78 is 0. The van der Waals surface area contributed by atoms with Crippen molar-refractivity contribution in [2.75, 3.05) is 6.61 Å². The zero-order valence-corrected chi connectivity index (χ0v) is 8.66. The molecule has 0 aromatic heterocycles. The number of aliphatic hydroxyl groups is 1. The summed E-state index contributed by atoms with van der Waals surface area (Å²) in [6, 6.07) is -0.149. The van der Waals surface area contributed by atoms with E-state index in [4.69, 9.17) is 5.11 Å². The molecule has 78 valence electrons. The van der Waals surface area contributed by atoms with E-state index in [1.54, 1.807) is 0 Å². The second kappa shape index (κ2) is 4.96. The molecule has 0 aromatic rings. The molecule has 0 unspecified atom stereocenters. The summed E-state index contributed by atoms with van der Waals surface area (Å²) >= 11 is 0. The molecule has 0 heterocycles. The standard InChI is InChI=1S/C11H17NO2/c1-8(2)10(7-13)12-11(14)9-5-3-4-6-9/h3-5,8,10,13H,6-7H2,1-2H3,(H,12,14)/t10-/m1/s1. The van der Waals surface area contributed by atoms with Crippen molar-refractivity contribution in [3.05, 3.63) is 23.8 Å². The highest BCUT2D eigenvalue weighted by Gasteiger charge is 2.17. The van der Waals surface area contributed by atoms with Crippen LogP contribution in [0.5, 0.6) is 0 Å². The predicted octanol–water partition coefficient (Wildman–Crippen LogP) is 1.01. The molecule has 0 saturated heterocycles. The first-order valence-corrected chi connectivity index (χ1v) is 4.92. The molecular weight excluding hydrogens is 178 g/mol. The van der Waals surface area contributed by atoms with Crippen LogP contribution >= 0.6 is 0 Å². The van der Waals surface area contributed by atoms with E-state index in [-0.39, 0.29) is 24.5 Å². The van der Waals surface area contributed by atoms with E-state index in [9.17, 15) is 4.79 Å². The maximum absolute atomic E-state index is 11.6. The van der Waals surface area contributed by atoms with Gasteiger partial charge in [-0.05, 0) is 12.3 Å². The fraction of sp³-hybridized carbons (Fsp3) is 0.545. The summed E-state index contributed by atoms with van der Waals surface area (Å²) in [5.74, 6) is 0.182. The van der Waals surface area contributed by atoms with Crippen LogP contribution in [0.25, 0.3) is 0 Å². The molecule has 3 heteroatoms. The van der Waals surface area contributed by atoms with Crippen molar-refractivity contribution < 1.29 is 9.90 Å². The molecule has 3 nitrogen and oxygen atoms in total. The van der Waals surface area contributed by atoms with Crippen molar-refractivity contribution in [2.24, 2.45) is 5.92 Å². The van der Waals surface area contributed by atoms with E-state index >= 15 is 0 Å². The Morgan fingerprint density at radius 1 is 1.64 bits per heavy atom. The van der Waals surface area contributed by atoms with Crippen LogP contribution in [0.1, 0.15) is 20.3 Å². The molecule has 1 aliphatic carbocycles. The number of aliphatic hydroxyl groups excluding tert-OH is 1. The van der Waals surface area contributed by atoms with Crippen LogP contribution in [0.3, 0.4) is 0 Å². The van der Waals surface area contributed by atoms with Crippen LogP contribution in [0.4, 0.5) is 0 Å². The average Bonchev–Trinajstić information content (AvgIpc) is 2.65. The second-order valence-corrected chi connectivity index (χ2v) is 3.83. The Labute approximate surface area is 84.5 Å². The van der Waals surface area contributed by atoms with Crippen LogP contribution in [0.2, 0.25) is 0 Å². The van der Waals surface area contributed by atoms with E-state index in [2.05, 4.69) is 5.32 Å². The quantitative estimate of drug-likeness (QED) is 0.703. The topological polar surface area (TPSA) is 49.3 Å². The molecule has 0 spiro atoms. The molecule has 14 heavy (non-hydrogen) atoms. The summed E-state index contributed by atoms with van der Waals surface area (Å²) in [7, 11) is 0. The molecule has 0 fully saturated rings. The third-order valence-electron chi connectivity index (χ3n) is 2.38. The number of amides is 1. The lowest BCUT2D eigenvalue weighted by atomic mass is 10.0. The Balaban J connectivity index is 2.47. The smallest absolute Gasteiger partial charge is 0.247 e. The maximum atomic E-state index is 11.6. The van der Waals surface area contributed by atoms with Gasteiger partial charge in [0.2, 0.25) is 5.91 Å². The Kier molecular flexibility index (Phi) is 3.89. The summed E-state index contributed by atoms with van der Waals surface area (Å²) in [6.07, 6.45) is 6.32.